The van der Waals surface area contributed by atoms with Gasteiger partial charge >= 0.3 is 6.03 Å². The molecule has 0 aromatic heterocycles. The fourth-order valence-corrected chi connectivity index (χ4v) is 3.99. The number of aromatic amines is 2. The average Bonchev–Trinajstić information content (AvgIpc) is 3.43. The molecule has 10 nitrogen and oxygen atoms in total. The molecule has 0 atom stereocenters. The Hall–Kier alpha value is -5.12. The van der Waals surface area contributed by atoms with E-state index < -0.39 is 11.9 Å². The number of H-pyrrole nitrogens is 2. The largest absolute Gasteiger partial charge is 0.506 e. The fraction of sp³-hybridized carbons (Fsp3) is 0.0400. The van der Waals surface area contributed by atoms with Gasteiger partial charge in [0.1, 0.15) is 11.5 Å². The molecule has 1 heterocycles. The molecule has 1 aliphatic heterocycles. The van der Waals surface area contributed by atoms with Crippen LogP contribution in [0.3, 0.4) is 0 Å². The van der Waals surface area contributed by atoms with Crippen LogP contribution in [0.2, 0.25) is 0 Å². The molecule has 0 saturated carbocycles. The van der Waals surface area contributed by atoms with Crippen LogP contribution in [0.4, 0.5) is 16.2 Å². The molecule has 35 heavy (non-hydrogen) atoms. The number of nitrogens with zero attached hydrogens (tertiary/aromatic N) is 2. The van der Waals surface area contributed by atoms with Crippen molar-refractivity contribution in [3.05, 3.63) is 72.3 Å². The molecule has 0 fully saturated rings. The minimum Gasteiger partial charge on any atom is -0.506 e. The van der Waals surface area contributed by atoms with E-state index in [0.717, 1.165) is 5.56 Å². The van der Waals surface area contributed by atoms with Gasteiger partial charge in [-0.3, -0.25) is 15.0 Å². The third-order valence-electron chi connectivity index (χ3n) is 5.61. The summed E-state index contributed by atoms with van der Waals surface area (Å²) in [5.41, 5.74) is 9.38. The molecule has 0 bridgehead atoms. The number of nitrogen functional groups attached to an aromatic ring is 1. The van der Waals surface area contributed by atoms with Gasteiger partial charge in [0.15, 0.2) is 0 Å². The highest BCUT2D eigenvalue weighted by Gasteiger charge is 2.26. The maximum absolute atomic E-state index is 12.4. The smallest absolute Gasteiger partial charge is 0.364 e. The van der Waals surface area contributed by atoms with E-state index in [4.69, 9.17) is 10.5 Å². The van der Waals surface area contributed by atoms with Crippen molar-refractivity contribution >= 4 is 34.1 Å². The number of urea groups is 1. The number of benzene rings is 3. The van der Waals surface area contributed by atoms with Gasteiger partial charge in [-0.15, -0.1) is 5.11 Å². The minimum atomic E-state index is -0.860. The summed E-state index contributed by atoms with van der Waals surface area (Å²) in [5, 5.41) is 28.0. The molecule has 5 rings (SSSR count). The molecule has 10 heteroatoms. The zero-order valence-corrected chi connectivity index (χ0v) is 18.5. The van der Waals surface area contributed by atoms with Crippen molar-refractivity contribution in [2.24, 2.45) is 10.2 Å². The number of hydrogen-bond acceptors (Lipinski definition) is 5. The first-order chi connectivity index (χ1) is 17.0. The summed E-state index contributed by atoms with van der Waals surface area (Å²) < 4.78 is 5.21. The number of nitrogens with one attached hydrogen (secondary N) is 3. The molecular formula is C25H20N6O4. The lowest BCUT2D eigenvalue weighted by molar-refractivity contribution is 0.0994. The third-order valence-corrected chi connectivity index (χ3v) is 5.61. The lowest BCUT2D eigenvalue weighted by atomic mass is 10.1. The van der Waals surface area contributed by atoms with Crippen LogP contribution in [0.25, 0.3) is 33.3 Å². The molecule has 3 aromatic rings. The highest BCUT2D eigenvalue weighted by Crippen LogP contribution is 2.49. The topological polar surface area (TPSA) is 158 Å². The molecule has 174 valence electrons. The SMILES string of the molecule is COc1ccc(-c2[nH][nH]c3c4cccc(NC(=O)N=NC(=O)c5cccc(N)c5)c4c(O)c2-3)cc1. The van der Waals surface area contributed by atoms with Crippen LogP contribution in [0, 0.1) is 0 Å². The molecule has 3 aromatic carbocycles. The number of aromatic nitrogens is 2. The number of methoxy groups -OCH3 is 1. The van der Waals surface area contributed by atoms with Gasteiger partial charge < -0.3 is 20.9 Å². The first kappa shape index (κ1) is 21.7. The number of hydrogen-bond donors (Lipinski definition) is 5. The second-order valence-corrected chi connectivity index (χ2v) is 7.74. The second-order valence-electron chi connectivity index (χ2n) is 7.74. The Labute approximate surface area is 198 Å². The summed E-state index contributed by atoms with van der Waals surface area (Å²) in [7, 11) is 1.59. The van der Waals surface area contributed by atoms with Crippen LogP contribution in [-0.2, 0) is 0 Å². The van der Waals surface area contributed by atoms with Gasteiger partial charge in [0, 0.05) is 22.2 Å². The molecule has 1 aliphatic carbocycles. The van der Waals surface area contributed by atoms with Gasteiger partial charge in [0.25, 0.3) is 5.91 Å². The Balaban J connectivity index is 1.46. The fourth-order valence-electron chi connectivity index (χ4n) is 3.99. The van der Waals surface area contributed by atoms with Crippen molar-refractivity contribution in [3.8, 4) is 34.0 Å². The van der Waals surface area contributed by atoms with Crippen molar-refractivity contribution in [2.45, 2.75) is 0 Å². The van der Waals surface area contributed by atoms with Gasteiger partial charge in [0.2, 0.25) is 0 Å². The lowest BCUT2D eigenvalue weighted by Crippen LogP contribution is -2.07. The predicted octanol–water partition coefficient (Wildman–Crippen LogP) is 5.39. The molecule has 3 amide bonds. The first-order valence-corrected chi connectivity index (χ1v) is 10.6. The number of nitrogens with two attached hydrogens (primary N) is 1. The van der Waals surface area contributed by atoms with Crippen molar-refractivity contribution in [1.82, 2.24) is 10.2 Å². The Bertz CT molecular complexity index is 1560. The van der Waals surface area contributed by atoms with Crippen LogP contribution in [0.5, 0.6) is 11.5 Å². The second kappa shape index (κ2) is 8.67. The molecule has 6 N–H and O–H groups in total. The quantitative estimate of drug-likeness (QED) is 0.176. The Kier molecular flexibility index (Phi) is 5.38. The van der Waals surface area contributed by atoms with Gasteiger partial charge in [0.05, 0.1) is 35.1 Å². The summed E-state index contributed by atoms with van der Waals surface area (Å²) in [5.74, 6) is 0.00240. The molecule has 0 spiro atoms. The van der Waals surface area contributed by atoms with Crippen molar-refractivity contribution < 1.29 is 19.4 Å². The zero-order valence-electron chi connectivity index (χ0n) is 18.5. The summed E-state index contributed by atoms with van der Waals surface area (Å²) in [6.07, 6.45) is 0. The molecule has 2 aliphatic rings. The Morgan fingerprint density at radius 3 is 2.46 bits per heavy atom. The van der Waals surface area contributed by atoms with E-state index in [0.29, 0.717) is 44.8 Å². The van der Waals surface area contributed by atoms with E-state index >= 15 is 0 Å². The number of carbonyl (C=O) groups is 2. The van der Waals surface area contributed by atoms with Crippen LogP contribution in [0.1, 0.15) is 10.4 Å². The van der Waals surface area contributed by atoms with E-state index in [1.54, 1.807) is 31.4 Å². The van der Waals surface area contributed by atoms with E-state index in [2.05, 4.69) is 25.7 Å². The number of anilines is 2. The van der Waals surface area contributed by atoms with Crippen molar-refractivity contribution in [2.75, 3.05) is 18.2 Å². The van der Waals surface area contributed by atoms with E-state index in [9.17, 15) is 14.7 Å². The van der Waals surface area contributed by atoms with Gasteiger partial charge in [-0.05, 0) is 48.5 Å². The normalized spacial score (nSPS) is 11.3. The maximum Gasteiger partial charge on any atom is 0.364 e. The summed E-state index contributed by atoms with van der Waals surface area (Å²) in [6, 6.07) is 17.9. The Morgan fingerprint density at radius 2 is 1.71 bits per heavy atom. The van der Waals surface area contributed by atoms with Crippen molar-refractivity contribution in [3.63, 3.8) is 0 Å². The summed E-state index contributed by atoms with van der Waals surface area (Å²) in [6.45, 7) is 0. The number of carbonyl (C=O) groups excluding carboxylic acids is 2. The number of ether oxygens (including phenoxy) is 1. The van der Waals surface area contributed by atoms with Gasteiger partial charge in [-0.25, -0.2) is 4.79 Å². The standard InChI is InChI=1S/C25H20N6O4/c1-35-16-10-8-13(9-11-16)21-20-22(29-28-21)17-6-3-7-18(19(17)23(20)32)27-25(34)31-30-24(33)14-4-2-5-15(26)12-14/h2-12,28-29,32H,26H2,1H3,(H,27,34). The van der Waals surface area contributed by atoms with E-state index in [-0.39, 0.29) is 11.3 Å². The van der Waals surface area contributed by atoms with Gasteiger partial charge in [-0.1, -0.05) is 23.3 Å². The average molecular weight is 468 g/mol. The number of amides is 3. The minimum absolute atomic E-state index is 0.0120. The predicted molar refractivity (Wildman–Crippen MR) is 132 cm³/mol. The molecule has 0 radical (unpaired) electrons. The molecule has 0 unspecified atom stereocenters. The number of azo groups is 1. The summed E-state index contributed by atoms with van der Waals surface area (Å²) in [4.78, 5) is 24.6. The monoisotopic (exact) mass is 468 g/mol. The van der Waals surface area contributed by atoms with Crippen LogP contribution < -0.4 is 15.8 Å². The number of fused-ring (bicyclic) bond motifs is 3. The maximum atomic E-state index is 12.4. The van der Waals surface area contributed by atoms with Crippen LogP contribution in [0.15, 0.2) is 77.0 Å². The van der Waals surface area contributed by atoms with E-state index in [1.807, 2.05) is 30.3 Å². The summed E-state index contributed by atoms with van der Waals surface area (Å²) >= 11 is 0. The van der Waals surface area contributed by atoms with Crippen molar-refractivity contribution in [1.29, 1.82) is 0 Å². The third kappa shape index (κ3) is 3.93. The number of aromatic hydroxyl groups is 1. The highest BCUT2D eigenvalue weighted by atomic mass is 16.5. The highest BCUT2D eigenvalue weighted by molar-refractivity contribution is 6.16. The van der Waals surface area contributed by atoms with E-state index in [1.165, 1.54) is 12.1 Å². The van der Waals surface area contributed by atoms with Gasteiger partial charge in [-0.2, -0.15) is 0 Å². The Morgan fingerprint density at radius 1 is 0.971 bits per heavy atom. The number of rotatable bonds is 4. The van der Waals surface area contributed by atoms with Crippen LogP contribution >= 0.6 is 0 Å². The lowest BCUT2D eigenvalue weighted by Gasteiger charge is -2.05. The first-order valence-electron chi connectivity index (χ1n) is 10.6. The van der Waals surface area contributed by atoms with Crippen LogP contribution in [-0.4, -0.2) is 34.4 Å². The molecule has 0 saturated heterocycles. The zero-order chi connectivity index (χ0) is 24.5. The molecular weight excluding hydrogens is 448 g/mol.